The van der Waals surface area contributed by atoms with Crippen molar-refractivity contribution in [3.8, 4) is 11.4 Å². The van der Waals surface area contributed by atoms with Crippen molar-refractivity contribution in [3.63, 3.8) is 0 Å². The van der Waals surface area contributed by atoms with Gasteiger partial charge in [-0.15, -0.1) is 0 Å². The lowest BCUT2D eigenvalue weighted by Crippen LogP contribution is -2.53. The van der Waals surface area contributed by atoms with E-state index in [4.69, 9.17) is 0 Å². The maximum absolute atomic E-state index is 14.6. The molecule has 1 aromatic carbocycles. The third-order valence-electron chi connectivity index (χ3n) is 5.47. The maximum atomic E-state index is 14.6. The predicted octanol–water partition coefficient (Wildman–Crippen LogP) is 3.36. The second kappa shape index (κ2) is 8.16. The maximum Gasteiger partial charge on any atom is 0.272 e. The number of halogens is 2. The lowest BCUT2D eigenvalue weighted by Gasteiger charge is -2.29. The van der Waals surface area contributed by atoms with Gasteiger partial charge in [0, 0.05) is 19.7 Å². The highest BCUT2D eigenvalue weighted by molar-refractivity contribution is 5.98. The Labute approximate surface area is 175 Å². The number of aromatic nitrogens is 2. The summed E-state index contributed by atoms with van der Waals surface area (Å²) in [7, 11) is 1.52. The Bertz CT molecular complexity index is 992. The second-order valence-electron chi connectivity index (χ2n) is 8.81. The molecule has 0 bridgehead atoms. The monoisotopic (exact) mass is 418 g/mol. The Hall–Kier alpha value is -2.77. The van der Waals surface area contributed by atoms with Crippen LogP contribution < -0.4 is 10.6 Å². The summed E-state index contributed by atoms with van der Waals surface area (Å²) < 4.78 is 30.1. The van der Waals surface area contributed by atoms with Crippen molar-refractivity contribution in [1.82, 2.24) is 20.2 Å². The summed E-state index contributed by atoms with van der Waals surface area (Å²) in [6, 6.07) is 1.50. The molecule has 162 valence electrons. The molecule has 0 aliphatic carbocycles. The van der Waals surface area contributed by atoms with Crippen molar-refractivity contribution in [2.45, 2.75) is 59.5 Å². The molecule has 1 aromatic heterocycles. The normalized spacial score (nSPS) is 14.8. The van der Waals surface area contributed by atoms with Gasteiger partial charge in [-0.3, -0.25) is 9.59 Å². The van der Waals surface area contributed by atoms with E-state index in [0.717, 1.165) is 18.9 Å². The molecule has 1 aliphatic rings. The van der Waals surface area contributed by atoms with Crippen LogP contribution in [0.5, 0.6) is 0 Å². The van der Waals surface area contributed by atoms with Crippen LogP contribution in [-0.2, 0) is 17.8 Å². The molecule has 2 N–H and O–H groups in total. The highest BCUT2D eigenvalue weighted by Crippen LogP contribution is 2.31. The number of carbonyl (C=O) groups is 2. The topological polar surface area (TPSA) is 76.0 Å². The molecule has 0 radical (unpaired) electrons. The average molecular weight is 418 g/mol. The van der Waals surface area contributed by atoms with Crippen LogP contribution in [0.1, 0.15) is 55.4 Å². The number of carbonyl (C=O) groups excluding carboxylic acids is 2. The molecular weight excluding hydrogens is 390 g/mol. The lowest BCUT2D eigenvalue weighted by molar-refractivity contribution is -0.124. The molecule has 0 saturated heterocycles. The van der Waals surface area contributed by atoms with E-state index in [9.17, 15) is 18.4 Å². The summed E-state index contributed by atoms with van der Waals surface area (Å²) in [5.41, 5.74) is 0.843. The van der Waals surface area contributed by atoms with Gasteiger partial charge in [-0.25, -0.2) is 13.8 Å². The number of nitrogens with zero attached hydrogens (tertiary/aromatic N) is 2. The molecule has 3 rings (SSSR count). The third kappa shape index (κ3) is 4.08. The van der Waals surface area contributed by atoms with Gasteiger partial charge in [0.2, 0.25) is 5.91 Å². The summed E-state index contributed by atoms with van der Waals surface area (Å²) >= 11 is 0. The largest absolute Gasteiger partial charge is 0.357 e. The minimum Gasteiger partial charge on any atom is -0.357 e. The number of hydrogen-bond acceptors (Lipinski definition) is 3. The van der Waals surface area contributed by atoms with E-state index in [1.807, 2.05) is 25.3 Å². The van der Waals surface area contributed by atoms with E-state index in [-0.39, 0.29) is 17.2 Å². The summed E-state index contributed by atoms with van der Waals surface area (Å²) in [6.45, 7) is 7.73. The van der Waals surface area contributed by atoms with Gasteiger partial charge in [-0.2, -0.15) is 0 Å². The zero-order chi connectivity index (χ0) is 22.2. The van der Waals surface area contributed by atoms with E-state index in [2.05, 4.69) is 15.6 Å². The van der Waals surface area contributed by atoms with E-state index >= 15 is 0 Å². The molecule has 0 saturated carbocycles. The Morgan fingerprint density at radius 3 is 2.50 bits per heavy atom. The van der Waals surface area contributed by atoms with Gasteiger partial charge in [0.15, 0.2) is 0 Å². The fraction of sp³-hybridized carbons (Fsp3) is 0.500. The number of benzene rings is 1. The molecule has 0 spiro atoms. The fourth-order valence-electron chi connectivity index (χ4n) is 3.78. The first-order valence-corrected chi connectivity index (χ1v) is 10.1. The standard InChI is InChI=1S/C22H28F2N4O2/c1-12-10-13(15(24)11-14(12)23)19-26-17(16-8-6-7-9-28(16)19)20(29)27-18(21(30)25-5)22(2,3)4/h10-11,18H,6-9H2,1-5H3,(H,25,30)(H,27,29)/t18-/m1/s1. The first-order chi connectivity index (χ1) is 14.0. The number of hydrogen-bond donors (Lipinski definition) is 2. The SMILES string of the molecule is CNC(=O)[C@@H](NC(=O)c1nc(-c2cc(C)c(F)cc2F)n2c1CCCC2)C(C)(C)C. The lowest BCUT2D eigenvalue weighted by atomic mass is 9.86. The van der Waals surface area contributed by atoms with Crippen LogP contribution in [0.4, 0.5) is 8.78 Å². The number of amides is 2. The molecule has 1 aliphatic heterocycles. The van der Waals surface area contributed by atoms with E-state index in [0.29, 0.717) is 30.0 Å². The van der Waals surface area contributed by atoms with Crippen molar-refractivity contribution >= 4 is 11.8 Å². The van der Waals surface area contributed by atoms with Crippen LogP contribution in [0, 0.1) is 24.0 Å². The van der Waals surface area contributed by atoms with E-state index in [1.165, 1.54) is 13.1 Å². The van der Waals surface area contributed by atoms with Gasteiger partial charge in [0.1, 0.15) is 29.2 Å². The molecule has 1 atom stereocenters. The van der Waals surface area contributed by atoms with E-state index in [1.54, 1.807) is 6.92 Å². The Balaban J connectivity index is 2.06. The minimum absolute atomic E-state index is 0.162. The quantitative estimate of drug-likeness (QED) is 0.799. The van der Waals surface area contributed by atoms with Gasteiger partial charge < -0.3 is 15.2 Å². The van der Waals surface area contributed by atoms with Crippen LogP contribution in [-0.4, -0.2) is 34.5 Å². The van der Waals surface area contributed by atoms with Gasteiger partial charge in [0.05, 0.1) is 11.3 Å². The van der Waals surface area contributed by atoms with Crippen LogP contribution in [0.3, 0.4) is 0 Å². The third-order valence-corrected chi connectivity index (χ3v) is 5.47. The van der Waals surface area contributed by atoms with Crippen LogP contribution in [0.15, 0.2) is 12.1 Å². The Morgan fingerprint density at radius 1 is 1.17 bits per heavy atom. The average Bonchev–Trinajstić information content (AvgIpc) is 3.07. The fourth-order valence-corrected chi connectivity index (χ4v) is 3.78. The highest BCUT2D eigenvalue weighted by atomic mass is 19.1. The number of imidazole rings is 1. The molecule has 0 fully saturated rings. The van der Waals surface area contributed by atoms with Crippen molar-refractivity contribution in [2.24, 2.45) is 5.41 Å². The molecular formula is C22H28F2N4O2. The smallest absolute Gasteiger partial charge is 0.272 e. The zero-order valence-electron chi connectivity index (χ0n) is 18.0. The minimum atomic E-state index is -0.760. The number of rotatable bonds is 4. The van der Waals surface area contributed by atoms with Crippen molar-refractivity contribution in [3.05, 3.63) is 40.7 Å². The molecule has 0 unspecified atom stereocenters. The molecule has 2 aromatic rings. The first-order valence-electron chi connectivity index (χ1n) is 10.1. The summed E-state index contributed by atoms with van der Waals surface area (Å²) in [4.78, 5) is 29.9. The van der Waals surface area contributed by atoms with Gasteiger partial charge in [0.25, 0.3) is 5.91 Å². The van der Waals surface area contributed by atoms with Gasteiger partial charge in [-0.1, -0.05) is 20.8 Å². The van der Waals surface area contributed by atoms with Crippen molar-refractivity contribution in [2.75, 3.05) is 7.05 Å². The molecule has 2 heterocycles. The molecule has 6 nitrogen and oxygen atoms in total. The van der Waals surface area contributed by atoms with Crippen molar-refractivity contribution in [1.29, 1.82) is 0 Å². The van der Waals surface area contributed by atoms with Gasteiger partial charge >= 0.3 is 0 Å². The molecule has 8 heteroatoms. The first kappa shape index (κ1) is 21.9. The zero-order valence-corrected chi connectivity index (χ0v) is 18.0. The van der Waals surface area contributed by atoms with Crippen LogP contribution >= 0.6 is 0 Å². The molecule has 30 heavy (non-hydrogen) atoms. The number of fused-ring (bicyclic) bond motifs is 1. The highest BCUT2D eigenvalue weighted by Gasteiger charge is 2.34. The van der Waals surface area contributed by atoms with E-state index < -0.39 is 29.0 Å². The summed E-state index contributed by atoms with van der Waals surface area (Å²) in [5.74, 6) is -1.82. The van der Waals surface area contributed by atoms with Gasteiger partial charge in [-0.05, 0) is 43.2 Å². The Kier molecular flexibility index (Phi) is 5.97. The number of likely N-dealkylation sites (N-methyl/N-ethyl adjacent to an activating group) is 1. The van der Waals surface area contributed by atoms with Crippen molar-refractivity contribution < 1.29 is 18.4 Å². The summed E-state index contributed by atoms with van der Waals surface area (Å²) in [6.07, 6.45) is 2.38. The number of nitrogens with one attached hydrogen (secondary N) is 2. The molecule has 2 amide bonds. The Morgan fingerprint density at radius 2 is 1.87 bits per heavy atom. The number of aryl methyl sites for hydroxylation is 1. The van der Waals surface area contributed by atoms with Crippen LogP contribution in [0.25, 0.3) is 11.4 Å². The van der Waals surface area contributed by atoms with Crippen LogP contribution in [0.2, 0.25) is 0 Å². The second-order valence-corrected chi connectivity index (χ2v) is 8.81. The predicted molar refractivity (Wildman–Crippen MR) is 110 cm³/mol. The summed E-state index contributed by atoms with van der Waals surface area (Å²) in [5, 5.41) is 5.37.